The van der Waals surface area contributed by atoms with Gasteiger partial charge in [-0.25, -0.2) is 4.98 Å². The average molecular weight is 205 g/mol. The Morgan fingerprint density at radius 3 is 2.60 bits per heavy atom. The van der Waals surface area contributed by atoms with Gasteiger partial charge in [-0.15, -0.1) is 0 Å². The van der Waals surface area contributed by atoms with Crippen LogP contribution < -0.4 is 16.4 Å². The van der Waals surface area contributed by atoms with Gasteiger partial charge in [-0.1, -0.05) is 0 Å². The Hall–Kier alpha value is -1.36. The van der Waals surface area contributed by atoms with Crippen LogP contribution in [0, 0.1) is 0 Å². The van der Waals surface area contributed by atoms with Gasteiger partial charge in [0.05, 0.1) is 5.69 Å². The fraction of sp³-hybridized carbons (Fsp3) is 0.600. The summed E-state index contributed by atoms with van der Waals surface area (Å²) in [5, 5.41) is 0. The Kier molecular flexibility index (Phi) is 1.82. The fourth-order valence-corrected chi connectivity index (χ4v) is 1.92. The van der Waals surface area contributed by atoms with Crippen molar-refractivity contribution in [3.63, 3.8) is 0 Å². The fourth-order valence-electron chi connectivity index (χ4n) is 1.92. The van der Waals surface area contributed by atoms with Crippen molar-refractivity contribution in [3.8, 4) is 0 Å². The third-order valence-electron chi connectivity index (χ3n) is 2.98. The number of nitrogen functional groups attached to an aromatic ring is 1. The molecule has 0 spiro atoms. The molecule has 0 unspecified atom stereocenters. The van der Waals surface area contributed by atoms with Crippen LogP contribution in [0.15, 0.2) is 6.07 Å². The van der Waals surface area contributed by atoms with Crippen molar-refractivity contribution in [1.82, 2.24) is 9.97 Å². The number of anilines is 2. The maximum atomic E-state index is 5.74. The van der Waals surface area contributed by atoms with Gasteiger partial charge in [-0.2, -0.15) is 4.98 Å². The third-order valence-corrected chi connectivity index (χ3v) is 2.98. The summed E-state index contributed by atoms with van der Waals surface area (Å²) < 4.78 is 0. The highest BCUT2D eigenvalue weighted by Crippen LogP contribution is 2.40. The highest BCUT2D eigenvalue weighted by Gasteiger charge is 2.29. The van der Waals surface area contributed by atoms with E-state index in [9.17, 15) is 0 Å². The van der Waals surface area contributed by atoms with Crippen LogP contribution in [0.2, 0.25) is 0 Å². The second-order valence-electron chi connectivity index (χ2n) is 4.45. The van der Waals surface area contributed by atoms with Crippen LogP contribution in [0.1, 0.15) is 24.5 Å². The first-order valence-corrected chi connectivity index (χ1v) is 5.37. The number of hydrogen-bond donors (Lipinski definition) is 2. The molecule has 1 aliphatic heterocycles. The summed E-state index contributed by atoms with van der Waals surface area (Å²) in [4.78, 5) is 10.6. The smallest absolute Gasteiger partial charge is 0.222 e. The minimum absolute atomic E-state index is 0.283. The van der Waals surface area contributed by atoms with Crippen LogP contribution in [0.4, 0.5) is 11.8 Å². The first-order valence-electron chi connectivity index (χ1n) is 5.37. The summed E-state index contributed by atoms with van der Waals surface area (Å²) in [7, 11) is 0. The molecular formula is C10H15N5. The Bertz CT molecular complexity index is 381. The van der Waals surface area contributed by atoms with E-state index < -0.39 is 0 Å². The van der Waals surface area contributed by atoms with E-state index in [4.69, 9.17) is 11.5 Å². The molecule has 0 atom stereocenters. The quantitative estimate of drug-likeness (QED) is 0.714. The van der Waals surface area contributed by atoms with Gasteiger partial charge in [0.25, 0.3) is 0 Å². The summed E-state index contributed by atoms with van der Waals surface area (Å²) in [6.45, 7) is 1.75. The lowest BCUT2D eigenvalue weighted by molar-refractivity contribution is 0.514. The summed E-state index contributed by atoms with van der Waals surface area (Å²) in [5.74, 6) is 1.94. The van der Waals surface area contributed by atoms with Crippen LogP contribution in [-0.4, -0.2) is 29.1 Å². The number of hydrogen-bond acceptors (Lipinski definition) is 5. The number of nitrogens with two attached hydrogens (primary N) is 2. The van der Waals surface area contributed by atoms with Gasteiger partial charge in [-0.3, -0.25) is 0 Å². The number of aromatic nitrogens is 2. The van der Waals surface area contributed by atoms with E-state index in [2.05, 4.69) is 20.9 Å². The molecule has 1 saturated heterocycles. The molecule has 80 valence electrons. The minimum atomic E-state index is 0.283. The van der Waals surface area contributed by atoms with Crippen LogP contribution in [0.5, 0.6) is 0 Å². The predicted molar refractivity (Wildman–Crippen MR) is 58.6 cm³/mol. The molecule has 3 rings (SSSR count). The van der Waals surface area contributed by atoms with E-state index in [1.165, 1.54) is 12.8 Å². The highest BCUT2D eigenvalue weighted by molar-refractivity contribution is 5.47. The van der Waals surface area contributed by atoms with Crippen LogP contribution in [0.25, 0.3) is 0 Å². The van der Waals surface area contributed by atoms with Crippen molar-refractivity contribution in [2.75, 3.05) is 23.7 Å². The van der Waals surface area contributed by atoms with Crippen molar-refractivity contribution >= 4 is 11.8 Å². The summed E-state index contributed by atoms with van der Waals surface area (Å²) in [6, 6.07) is 2.34. The Labute approximate surface area is 88.5 Å². The molecule has 1 saturated carbocycles. The van der Waals surface area contributed by atoms with E-state index in [1.54, 1.807) is 0 Å². The predicted octanol–water partition coefficient (Wildman–Crippen LogP) is 0.0835. The molecule has 2 fully saturated rings. The third kappa shape index (κ3) is 1.63. The zero-order valence-corrected chi connectivity index (χ0v) is 8.56. The summed E-state index contributed by atoms with van der Waals surface area (Å²) in [5.41, 5.74) is 12.5. The van der Waals surface area contributed by atoms with E-state index in [0.717, 1.165) is 24.6 Å². The molecule has 1 aromatic heterocycles. The maximum absolute atomic E-state index is 5.74. The monoisotopic (exact) mass is 205 g/mol. The van der Waals surface area contributed by atoms with Crippen LogP contribution in [0.3, 0.4) is 0 Å². The zero-order valence-electron chi connectivity index (χ0n) is 8.56. The van der Waals surface area contributed by atoms with Crippen molar-refractivity contribution in [2.24, 2.45) is 5.73 Å². The maximum Gasteiger partial charge on any atom is 0.222 e. The second kappa shape index (κ2) is 3.06. The van der Waals surface area contributed by atoms with Gasteiger partial charge >= 0.3 is 0 Å². The van der Waals surface area contributed by atoms with Crippen molar-refractivity contribution in [3.05, 3.63) is 11.8 Å². The molecule has 0 radical (unpaired) electrons. The van der Waals surface area contributed by atoms with Crippen molar-refractivity contribution in [1.29, 1.82) is 0 Å². The molecular weight excluding hydrogens is 190 g/mol. The molecule has 0 aromatic carbocycles. The van der Waals surface area contributed by atoms with Gasteiger partial charge in [-0.05, 0) is 12.8 Å². The molecule has 5 nitrogen and oxygen atoms in total. The molecule has 0 amide bonds. The zero-order chi connectivity index (χ0) is 10.4. The summed E-state index contributed by atoms with van der Waals surface area (Å²) in [6.07, 6.45) is 2.46. The molecule has 15 heavy (non-hydrogen) atoms. The van der Waals surface area contributed by atoms with E-state index in [0.29, 0.717) is 11.9 Å². The molecule has 1 aliphatic carbocycles. The normalized spacial score (nSPS) is 21.5. The van der Waals surface area contributed by atoms with Gasteiger partial charge < -0.3 is 16.4 Å². The largest absolute Gasteiger partial charge is 0.368 e. The lowest BCUT2D eigenvalue weighted by Crippen LogP contribution is -2.56. The topological polar surface area (TPSA) is 81.1 Å². The second-order valence-corrected chi connectivity index (χ2v) is 4.45. The Balaban J connectivity index is 1.87. The van der Waals surface area contributed by atoms with Crippen LogP contribution >= 0.6 is 0 Å². The standard InChI is InChI=1S/C10H15N5/c11-7-4-15(5-7)9-3-8(6-1-2-6)13-10(12)14-9/h3,6-7H,1-2,4-5,11H2,(H2,12,13,14). The lowest BCUT2D eigenvalue weighted by atomic mass is 10.1. The van der Waals surface area contributed by atoms with E-state index in [1.807, 2.05) is 0 Å². The van der Waals surface area contributed by atoms with E-state index in [-0.39, 0.29) is 6.04 Å². The van der Waals surface area contributed by atoms with E-state index >= 15 is 0 Å². The van der Waals surface area contributed by atoms with Crippen molar-refractivity contribution in [2.45, 2.75) is 24.8 Å². The van der Waals surface area contributed by atoms with Gasteiger partial charge in [0.2, 0.25) is 5.95 Å². The van der Waals surface area contributed by atoms with Crippen molar-refractivity contribution < 1.29 is 0 Å². The average Bonchev–Trinajstić information content (AvgIpc) is 2.94. The molecule has 0 bridgehead atoms. The highest BCUT2D eigenvalue weighted by atomic mass is 15.3. The van der Waals surface area contributed by atoms with Gasteiger partial charge in [0.1, 0.15) is 5.82 Å². The molecule has 2 aliphatic rings. The molecule has 2 heterocycles. The first kappa shape index (κ1) is 8.91. The molecule has 4 N–H and O–H groups in total. The lowest BCUT2D eigenvalue weighted by Gasteiger charge is -2.37. The van der Waals surface area contributed by atoms with Crippen LogP contribution in [-0.2, 0) is 0 Å². The molecule has 5 heteroatoms. The first-order chi connectivity index (χ1) is 7.22. The Morgan fingerprint density at radius 1 is 1.27 bits per heavy atom. The minimum Gasteiger partial charge on any atom is -0.368 e. The number of nitrogens with zero attached hydrogens (tertiary/aromatic N) is 3. The Morgan fingerprint density at radius 2 is 2.00 bits per heavy atom. The van der Waals surface area contributed by atoms with Gasteiger partial charge in [0, 0.05) is 31.1 Å². The molecule has 1 aromatic rings. The number of rotatable bonds is 2. The van der Waals surface area contributed by atoms with Gasteiger partial charge in [0.15, 0.2) is 0 Å². The SMILES string of the molecule is Nc1nc(C2CC2)cc(N2CC(N)C2)n1. The summed E-state index contributed by atoms with van der Waals surface area (Å²) >= 11 is 0.